The first-order chi connectivity index (χ1) is 12.1. The van der Waals surface area contributed by atoms with Gasteiger partial charge in [-0.25, -0.2) is 4.79 Å². The fourth-order valence-electron chi connectivity index (χ4n) is 3.06. The fourth-order valence-corrected chi connectivity index (χ4v) is 3.06. The molecule has 1 aliphatic carbocycles. The van der Waals surface area contributed by atoms with Crippen molar-refractivity contribution in [1.82, 2.24) is 0 Å². The Morgan fingerprint density at radius 2 is 2.00 bits per heavy atom. The Labute approximate surface area is 149 Å². The van der Waals surface area contributed by atoms with Gasteiger partial charge in [-0.3, -0.25) is 0 Å². The highest BCUT2D eigenvalue weighted by molar-refractivity contribution is 5.65. The molecule has 0 amide bonds. The molecule has 0 bridgehead atoms. The van der Waals surface area contributed by atoms with Crippen molar-refractivity contribution >= 4 is 6.16 Å². The number of para-hydroxylation sites is 1. The lowest BCUT2D eigenvalue weighted by Gasteiger charge is -2.22. The molecule has 4 nitrogen and oxygen atoms in total. The third-order valence-corrected chi connectivity index (χ3v) is 4.28. The maximum Gasteiger partial charge on any atom is 0.513 e. The number of carbonyl (C=O) groups excluding carboxylic acids is 1. The highest BCUT2D eigenvalue weighted by Crippen LogP contribution is 2.37. The standard InChI is InChI=1S/C21H26O4/c1-4-8-18(16-11-13-17(22)14-12-16)15(3)19-9-6-7-10-20(19)25-21(23)24-5-2/h6-7,9-11,13-15,22H,4-5,8,12H2,1-3H3. The smallest absolute Gasteiger partial charge is 0.508 e. The predicted octanol–water partition coefficient (Wildman–Crippen LogP) is 5.82. The van der Waals surface area contributed by atoms with Gasteiger partial charge in [0.15, 0.2) is 0 Å². The second-order valence-electron chi connectivity index (χ2n) is 6.01. The van der Waals surface area contributed by atoms with Crippen LogP contribution in [-0.2, 0) is 4.74 Å². The van der Waals surface area contributed by atoms with Crippen LogP contribution in [-0.4, -0.2) is 17.9 Å². The molecule has 0 saturated heterocycles. The highest BCUT2D eigenvalue weighted by Gasteiger charge is 2.20. The zero-order valence-corrected chi connectivity index (χ0v) is 15.1. The number of hydrogen-bond acceptors (Lipinski definition) is 4. The van der Waals surface area contributed by atoms with Crippen molar-refractivity contribution in [1.29, 1.82) is 0 Å². The molecule has 0 aromatic heterocycles. The van der Waals surface area contributed by atoms with E-state index in [0.717, 1.165) is 18.4 Å². The maximum absolute atomic E-state index is 11.7. The lowest BCUT2D eigenvalue weighted by molar-refractivity contribution is 0.104. The van der Waals surface area contributed by atoms with E-state index in [4.69, 9.17) is 9.47 Å². The maximum atomic E-state index is 11.7. The van der Waals surface area contributed by atoms with E-state index in [1.165, 1.54) is 11.1 Å². The third-order valence-electron chi connectivity index (χ3n) is 4.28. The van der Waals surface area contributed by atoms with Crippen molar-refractivity contribution in [2.24, 2.45) is 0 Å². The number of allylic oxidation sites excluding steroid dienone is 5. The van der Waals surface area contributed by atoms with Crippen LogP contribution in [0.4, 0.5) is 4.79 Å². The molecule has 0 aliphatic heterocycles. The first-order valence-corrected chi connectivity index (χ1v) is 8.79. The van der Waals surface area contributed by atoms with Crippen molar-refractivity contribution in [3.63, 3.8) is 0 Å². The summed E-state index contributed by atoms with van der Waals surface area (Å²) in [5, 5.41) is 9.57. The van der Waals surface area contributed by atoms with Crippen LogP contribution >= 0.6 is 0 Å². The monoisotopic (exact) mass is 342 g/mol. The summed E-state index contributed by atoms with van der Waals surface area (Å²) in [6.45, 7) is 6.30. The molecule has 1 aromatic carbocycles. The van der Waals surface area contributed by atoms with Crippen LogP contribution in [0.3, 0.4) is 0 Å². The topological polar surface area (TPSA) is 55.8 Å². The van der Waals surface area contributed by atoms with Gasteiger partial charge in [-0.15, -0.1) is 0 Å². The summed E-state index contributed by atoms with van der Waals surface area (Å²) < 4.78 is 10.3. The number of rotatable bonds is 6. The van der Waals surface area contributed by atoms with E-state index < -0.39 is 6.16 Å². The van der Waals surface area contributed by atoms with Crippen molar-refractivity contribution in [2.75, 3.05) is 6.61 Å². The molecule has 2 rings (SSSR count). The molecule has 134 valence electrons. The van der Waals surface area contributed by atoms with Gasteiger partial charge in [0.25, 0.3) is 0 Å². The van der Waals surface area contributed by atoms with Gasteiger partial charge in [0, 0.05) is 11.5 Å². The second-order valence-corrected chi connectivity index (χ2v) is 6.01. The first kappa shape index (κ1) is 18.8. The molecule has 1 N–H and O–H groups in total. The molecule has 0 fully saturated rings. The van der Waals surface area contributed by atoms with Gasteiger partial charge in [0.05, 0.1) is 6.61 Å². The van der Waals surface area contributed by atoms with Gasteiger partial charge in [-0.1, -0.05) is 50.1 Å². The number of ether oxygens (including phenoxy) is 2. The van der Waals surface area contributed by atoms with Gasteiger partial charge in [-0.05, 0) is 43.6 Å². The van der Waals surface area contributed by atoms with Gasteiger partial charge in [0.2, 0.25) is 0 Å². The second kappa shape index (κ2) is 9.11. The van der Waals surface area contributed by atoms with Crippen molar-refractivity contribution in [2.45, 2.75) is 46.0 Å². The molecule has 0 spiro atoms. The van der Waals surface area contributed by atoms with Crippen molar-refractivity contribution in [3.8, 4) is 5.75 Å². The summed E-state index contributed by atoms with van der Waals surface area (Å²) in [7, 11) is 0. The summed E-state index contributed by atoms with van der Waals surface area (Å²) in [6, 6.07) is 7.56. The van der Waals surface area contributed by atoms with Gasteiger partial charge in [-0.2, -0.15) is 0 Å². The summed E-state index contributed by atoms with van der Waals surface area (Å²) >= 11 is 0. The molecule has 1 unspecified atom stereocenters. The Morgan fingerprint density at radius 3 is 2.64 bits per heavy atom. The van der Waals surface area contributed by atoms with Crippen LogP contribution in [0.5, 0.6) is 5.75 Å². The minimum Gasteiger partial charge on any atom is -0.508 e. The van der Waals surface area contributed by atoms with Crippen LogP contribution in [0.2, 0.25) is 0 Å². The van der Waals surface area contributed by atoms with Crippen LogP contribution in [0.1, 0.15) is 51.5 Å². The molecular weight excluding hydrogens is 316 g/mol. The van der Waals surface area contributed by atoms with E-state index in [0.29, 0.717) is 17.9 Å². The van der Waals surface area contributed by atoms with Crippen LogP contribution in [0.15, 0.2) is 59.4 Å². The molecule has 25 heavy (non-hydrogen) atoms. The molecule has 1 aromatic rings. The highest BCUT2D eigenvalue weighted by atomic mass is 16.7. The lowest BCUT2D eigenvalue weighted by Crippen LogP contribution is -2.12. The number of hydrogen-bond donors (Lipinski definition) is 1. The minimum atomic E-state index is -0.683. The van der Waals surface area contributed by atoms with Gasteiger partial charge >= 0.3 is 6.16 Å². The molecule has 4 heteroatoms. The summed E-state index contributed by atoms with van der Waals surface area (Å²) in [6.07, 6.45) is 7.52. The predicted molar refractivity (Wildman–Crippen MR) is 98.9 cm³/mol. The van der Waals surface area contributed by atoms with E-state index in [1.807, 2.05) is 30.4 Å². The lowest BCUT2D eigenvalue weighted by atomic mass is 9.84. The first-order valence-electron chi connectivity index (χ1n) is 8.79. The Bertz CT molecular complexity index is 698. The largest absolute Gasteiger partial charge is 0.513 e. The Kier molecular flexibility index (Phi) is 6.87. The Morgan fingerprint density at radius 1 is 1.24 bits per heavy atom. The molecule has 0 saturated carbocycles. The fraction of sp³-hybridized carbons (Fsp3) is 0.381. The quantitative estimate of drug-likeness (QED) is 0.522. The van der Waals surface area contributed by atoms with E-state index in [9.17, 15) is 9.90 Å². The third kappa shape index (κ3) is 4.99. The van der Waals surface area contributed by atoms with E-state index in [1.54, 1.807) is 19.1 Å². The average molecular weight is 342 g/mol. The van der Waals surface area contributed by atoms with E-state index in [-0.39, 0.29) is 12.5 Å². The molecular formula is C21H26O4. The van der Waals surface area contributed by atoms with E-state index >= 15 is 0 Å². The summed E-state index contributed by atoms with van der Waals surface area (Å²) in [5.74, 6) is 0.929. The van der Waals surface area contributed by atoms with Gasteiger partial charge < -0.3 is 14.6 Å². The number of aliphatic hydroxyl groups is 1. The summed E-state index contributed by atoms with van der Waals surface area (Å²) in [4.78, 5) is 11.7. The molecule has 1 aliphatic rings. The summed E-state index contributed by atoms with van der Waals surface area (Å²) in [5.41, 5.74) is 3.46. The number of carbonyl (C=O) groups is 1. The van der Waals surface area contributed by atoms with Gasteiger partial charge in [0.1, 0.15) is 11.5 Å². The van der Waals surface area contributed by atoms with Crippen LogP contribution in [0.25, 0.3) is 0 Å². The number of aliphatic hydroxyl groups excluding tert-OH is 1. The van der Waals surface area contributed by atoms with Crippen LogP contribution in [0, 0.1) is 0 Å². The molecule has 0 radical (unpaired) electrons. The molecule has 0 heterocycles. The zero-order valence-electron chi connectivity index (χ0n) is 15.1. The normalized spacial score (nSPS) is 16.8. The minimum absolute atomic E-state index is 0.0962. The Balaban J connectivity index is 2.34. The van der Waals surface area contributed by atoms with Crippen molar-refractivity contribution < 1.29 is 19.4 Å². The number of benzene rings is 1. The van der Waals surface area contributed by atoms with Crippen LogP contribution < -0.4 is 4.74 Å². The average Bonchev–Trinajstić information content (AvgIpc) is 2.61. The van der Waals surface area contributed by atoms with Crippen molar-refractivity contribution in [3.05, 3.63) is 65.0 Å². The Hall–Kier alpha value is -2.49. The zero-order chi connectivity index (χ0) is 18.2. The van der Waals surface area contributed by atoms with E-state index in [2.05, 4.69) is 13.8 Å². The molecule has 1 atom stereocenters. The SMILES string of the molecule is CCCC(=C1C=CC(O)=CC1)C(C)c1ccccc1OC(=O)OCC.